The van der Waals surface area contributed by atoms with Crippen LogP contribution in [0.25, 0.3) is 10.8 Å². The second-order valence-corrected chi connectivity index (χ2v) is 9.17. The van der Waals surface area contributed by atoms with Gasteiger partial charge in [0, 0.05) is 11.4 Å². The number of carbonyl (C=O) groups excluding carboxylic acids is 2. The van der Waals surface area contributed by atoms with Gasteiger partial charge >= 0.3 is 11.9 Å². The fourth-order valence-electron chi connectivity index (χ4n) is 5.74. The molecule has 2 heterocycles. The molecule has 0 radical (unpaired) electrons. The van der Waals surface area contributed by atoms with Gasteiger partial charge in [0.2, 0.25) is 11.8 Å². The molecule has 0 saturated carbocycles. The molecule has 2 saturated heterocycles. The molecule has 0 aromatic heterocycles. The number of anilines is 1. The highest BCUT2D eigenvalue weighted by Crippen LogP contribution is 2.52. The van der Waals surface area contributed by atoms with Gasteiger partial charge in [0.1, 0.15) is 11.3 Å². The Morgan fingerprint density at radius 2 is 1.64 bits per heavy atom. The van der Waals surface area contributed by atoms with E-state index in [-0.39, 0.29) is 0 Å². The van der Waals surface area contributed by atoms with Gasteiger partial charge in [-0.2, -0.15) is 0 Å². The molecule has 0 spiro atoms. The third-order valence-corrected chi connectivity index (χ3v) is 7.30. The van der Waals surface area contributed by atoms with Crippen molar-refractivity contribution in [2.24, 2.45) is 11.8 Å². The van der Waals surface area contributed by atoms with Gasteiger partial charge in [-0.25, -0.2) is 4.90 Å². The van der Waals surface area contributed by atoms with Crippen LogP contribution < -0.4 is 15.0 Å². The van der Waals surface area contributed by atoms with Crippen molar-refractivity contribution in [1.29, 1.82) is 0 Å². The van der Waals surface area contributed by atoms with Crippen molar-refractivity contribution in [2.75, 3.05) is 12.0 Å². The molecule has 0 aliphatic carbocycles. The van der Waals surface area contributed by atoms with Crippen LogP contribution in [0.3, 0.4) is 0 Å². The number of amides is 2. The van der Waals surface area contributed by atoms with Crippen LogP contribution in [0.4, 0.5) is 5.69 Å². The summed E-state index contributed by atoms with van der Waals surface area (Å²) in [5.74, 6) is -6.12. The molecule has 184 valence electrons. The molecule has 3 N–H and O–H groups in total. The first-order valence-corrected chi connectivity index (χ1v) is 11.4. The second kappa shape index (κ2) is 8.46. The maximum atomic E-state index is 13.9. The van der Waals surface area contributed by atoms with Gasteiger partial charge < -0.3 is 14.9 Å². The minimum atomic E-state index is -2.17. The van der Waals surface area contributed by atoms with E-state index in [2.05, 4.69) is 5.32 Å². The van der Waals surface area contributed by atoms with Gasteiger partial charge in [-0.05, 0) is 35.6 Å². The van der Waals surface area contributed by atoms with Crippen molar-refractivity contribution in [3.63, 3.8) is 0 Å². The van der Waals surface area contributed by atoms with Gasteiger partial charge in [0.25, 0.3) is 0 Å². The Morgan fingerprint density at radius 1 is 0.972 bits per heavy atom. The number of para-hydroxylation sites is 1. The number of hydrogen-bond donors (Lipinski definition) is 3. The third kappa shape index (κ3) is 3.27. The average molecular weight is 488 g/mol. The summed E-state index contributed by atoms with van der Waals surface area (Å²) >= 11 is 0. The zero-order valence-electron chi connectivity index (χ0n) is 19.6. The fraction of sp³-hybridized carbons (Fsp3) is 0.259. The SMILES string of the molecule is COc1ccc(C2NC(CC(=O)O)(C(=O)O)C3C(=O)N(c4ccccc4C)C(=O)C23)c2ccccc12. The number of imide groups is 1. The highest BCUT2D eigenvalue weighted by molar-refractivity contribution is 6.25. The Kier molecular flexibility index (Phi) is 5.52. The summed E-state index contributed by atoms with van der Waals surface area (Å²) in [6.45, 7) is 1.75. The molecule has 0 bridgehead atoms. The van der Waals surface area contributed by atoms with Gasteiger partial charge in [0.15, 0.2) is 0 Å². The molecule has 9 heteroatoms. The van der Waals surface area contributed by atoms with Crippen LogP contribution in [-0.2, 0) is 19.2 Å². The molecule has 2 fully saturated rings. The van der Waals surface area contributed by atoms with Crippen molar-refractivity contribution in [2.45, 2.75) is 24.9 Å². The maximum absolute atomic E-state index is 13.9. The number of carboxylic acid groups (broad SMARTS) is 2. The number of aliphatic carboxylic acids is 2. The third-order valence-electron chi connectivity index (χ3n) is 7.30. The lowest BCUT2D eigenvalue weighted by molar-refractivity contribution is -0.154. The summed E-state index contributed by atoms with van der Waals surface area (Å²) in [5, 5.41) is 24.4. The highest BCUT2D eigenvalue weighted by Gasteiger charge is 2.69. The Hall–Kier alpha value is -4.24. The second-order valence-electron chi connectivity index (χ2n) is 9.17. The van der Waals surface area contributed by atoms with Crippen molar-refractivity contribution in [3.05, 3.63) is 71.8 Å². The molecule has 4 unspecified atom stereocenters. The van der Waals surface area contributed by atoms with Crippen molar-refractivity contribution in [3.8, 4) is 5.75 Å². The molecule has 9 nitrogen and oxygen atoms in total. The van der Waals surface area contributed by atoms with Crippen LogP contribution in [0.5, 0.6) is 5.75 Å². The lowest BCUT2D eigenvalue weighted by Crippen LogP contribution is -2.57. The molecule has 2 aliphatic heterocycles. The number of methoxy groups -OCH3 is 1. The van der Waals surface area contributed by atoms with Gasteiger partial charge in [0.05, 0.1) is 31.1 Å². The smallest absolute Gasteiger partial charge is 0.325 e. The molecule has 36 heavy (non-hydrogen) atoms. The van der Waals surface area contributed by atoms with Gasteiger partial charge in [-0.3, -0.25) is 24.5 Å². The number of carboxylic acids is 2. The number of nitrogens with one attached hydrogen (secondary N) is 1. The van der Waals surface area contributed by atoms with E-state index in [9.17, 15) is 29.4 Å². The summed E-state index contributed by atoms with van der Waals surface area (Å²) in [6.07, 6.45) is -0.866. The topological polar surface area (TPSA) is 133 Å². The standard InChI is InChI=1S/C27H24N2O7/c1-14-7-3-6-10-18(14)29-24(32)21-22(25(29)33)27(26(34)35,13-20(30)31)28-23(21)17-11-12-19(36-2)16-9-5-4-8-15(16)17/h3-12,21-23,28H,13H2,1-2H3,(H,30,31)(H,34,35). The van der Waals surface area contributed by atoms with Crippen molar-refractivity contribution < 1.29 is 34.1 Å². The number of fused-ring (bicyclic) bond motifs is 2. The van der Waals surface area contributed by atoms with Crippen LogP contribution in [0.1, 0.15) is 23.6 Å². The predicted octanol–water partition coefficient (Wildman–Crippen LogP) is 2.91. The largest absolute Gasteiger partial charge is 0.496 e. The van der Waals surface area contributed by atoms with E-state index in [1.165, 1.54) is 7.11 Å². The number of ether oxygens (including phenoxy) is 1. The van der Waals surface area contributed by atoms with Crippen LogP contribution in [-0.4, -0.2) is 46.6 Å². The fourth-order valence-corrected chi connectivity index (χ4v) is 5.74. The van der Waals surface area contributed by atoms with Crippen molar-refractivity contribution >= 4 is 40.2 Å². The Balaban J connectivity index is 1.74. The number of nitrogens with zero attached hydrogens (tertiary/aromatic N) is 1. The van der Waals surface area contributed by atoms with Crippen LogP contribution in [0.2, 0.25) is 0 Å². The van der Waals surface area contributed by atoms with E-state index in [0.29, 0.717) is 28.0 Å². The van der Waals surface area contributed by atoms with Crippen LogP contribution >= 0.6 is 0 Å². The molecule has 3 aromatic carbocycles. The monoisotopic (exact) mass is 488 g/mol. The molecular formula is C27H24N2O7. The summed E-state index contributed by atoms with van der Waals surface area (Å²) in [5.41, 5.74) is -0.567. The Morgan fingerprint density at radius 3 is 2.28 bits per heavy atom. The molecular weight excluding hydrogens is 464 g/mol. The minimum Gasteiger partial charge on any atom is -0.496 e. The van der Waals surface area contributed by atoms with Crippen LogP contribution in [0.15, 0.2) is 60.7 Å². The van der Waals surface area contributed by atoms with E-state index in [0.717, 1.165) is 10.3 Å². The lowest BCUT2D eigenvalue weighted by atomic mass is 9.77. The summed E-state index contributed by atoms with van der Waals surface area (Å²) in [4.78, 5) is 53.2. The zero-order chi connectivity index (χ0) is 25.8. The van der Waals surface area contributed by atoms with E-state index >= 15 is 0 Å². The van der Waals surface area contributed by atoms with Gasteiger partial charge in [-0.15, -0.1) is 0 Å². The summed E-state index contributed by atoms with van der Waals surface area (Å²) in [7, 11) is 1.53. The molecule has 2 amide bonds. The molecule has 4 atom stereocenters. The number of rotatable bonds is 6. The van der Waals surface area contributed by atoms with E-state index in [1.807, 2.05) is 18.2 Å². The van der Waals surface area contributed by atoms with E-state index < -0.39 is 53.6 Å². The first-order chi connectivity index (χ1) is 17.2. The van der Waals surface area contributed by atoms with E-state index in [4.69, 9.17) is 4.74 Å². The number of hydrogen-bond acceptors (Lipinski definition) is 6. The number of benzene rings is 3. The maximum Gasteiger partial charge on any atom is 0.325 e. The first kappa shape index (κ1) is 23.5. The molecule has 5 rings (SSSR count). The average Bonchev–Trinajstić information content (AvgIpc) is 3.32. The highest BCUT2D eigenvalue weighted by atomic mass is 16.5. The minimum absolute atomic E-state index is 0.356. The molecule has 3 aromatic rings. The Bertz CT molecular complexity index is 1430. The predicted molar refractivity (Wildman–Crippen MR) is 130 cm³/mol. The van der Waals surface area contributed by atoms with E-state index in [1.54, 1.807) is 49.4 Å². The zero-order valence-corrected chi connectivity index (χ0v) is 19.6. The number of carbonyl (C=O) groups is 4. The summed E-state index contributed by atoms with van der Waals surface area (Å²) < 4.78 is 5.47. The first-order valence-electron chi connectivity index (χ1n) is 11.4. The lowest BCUT2D eigenvalue weighted by Gasteiger charge is -2.30. The number of aryl methyl sites for hydroxylation is 1. The van der Waals surface area contributed by atoms with Crippen molar-refractivity contribution in [1.82, 2.24) is 5.32 Å². The van der Waals surface area contributed by atoms with Crippen LogP contribution in [0, 0.1) is 18.8 Å². The van der Waals surface area contributed by atoms with Gasteiger partial charge in [-0.1, -0.05) is 48.5 Å². The quantitative estimate of drug-likeness (QED) is 0.451. The Labute approximate surface area is 206 Å². The molecule has 2 aliphatic rings. The summed E-state index contributed by atoms with van der Waals surface area (Å²) in [6, 6.07) is 16.6. The normalized spacial score (nSPS) is 25.3.